The van der Waals surface area contributed by atoms with Crippen LogP contribution in [0.2, 0.25) is 0 Å². The quantitative estimate of drug-likeness (QED) is 0.802. The molecule has 1 unspecified atom stereocenters. The van der Waals surface area contributed by atoms with E-state index in [2.05, 4.69) is 0 Å². The number of anilines is 1. The lowest BCUT2D eigenvalue weighted by molar-refractivity contribution is -0.117. The largest absolute Gasteiger partial charge is 0.322 e. The van der Waals surface area contributed by atoms with E-state index >= 15 is 0 Å². The van der Waals surface area contributed by atoms with Crippen LogP contribution in [-0.2, 0) is 14.6 Å². The van der Waals surface area contributed by atoms with E-state index in [9.17, 15) is 13.2 Å². The Bertz CT molecular complexity index is 595. The third kappa shape index (κ3) is 1.91. The Morgan fingerprint density at radius 2 is 2.17 bits per heavy atom. The highest BCUT2D eigenvalue weighted by atomic mass is 32.2. The molecule has 98 valence electrons. The molecule has 0 bridgehead atoms. The van der Waals surface area contributed by atoms with Crippen LogP contribution in [0, 0.1) is 6.92 Å². The Kier molecular flexibility index (Phi) is 3.16. The molecule has 1 amide bonds. The highest BCUT2D eigenvalue weighted by Gasteiger charge is 2.36. The van der Waals surface area contributed by atoms with E-state index in [1.54, 1.807) is 25.1 Å². The number of benzene rings is 1. The minimum atomic E-state index is -3.35. The van der Waals surface area contributed by atoms with Crippen molar-refractivity contribution in [3.05, 3.63) is 23.8 Å². The first kappa shape index (κ1) is 13.0. The number of nitrogens with zero attached hydrogens (tertiary/aromatic N) is 1. The van der Waals surface area contributed by atoms with E-state index in [1.807, 2.05) is 6.92 Å². The molecule has 1 atom stereocenters. The maximum Gasteiger partial charge on any atom is 0.240 e. The van der Waals surface area contributed by atoms with Crippen LogP contribution >= 0.6 is 0 Å². The summed E-state index contributed by atoms with van der Waals surface area (Å²) in [5, 5.41) is -0.608. The third-order valence-corrected chi connectivity index (χ3v) is 5.32. The average Bonchev–Trinajstić information content (AvgIpc) is 2.32. The van der Waals surface area contributed by atoms with Gasteiger partial charge in [-0.3, -0.25) is 4.79 Å². The standard InChI is InChI=1S/C12H16N2O3S/c1-8-3-4-11-10(5-8)14(12(15)6-13)7-9(2)18(11,16)17/h3-5,9H,6-7,13H2,1-2H3. The zero-order valence-corrected chi connectivity index (χ0v) is 11.2. The van der Waals surface area contributed by atoms with Crippen LogP contribution in [0.15, 0.2) is 23.1 Å². The predicted molar refractivity (Wildman–Crippen MR) is 69.2 cm³/mol. The van der Waals surface area contributed by atoms with Crippen molar-refractivity contribution in [1.29, 1.82) is 0 Å². The Morgan fingerprint density at radius 1 is 1.50 bits per heavy atom. The molecule has 18 heavy (non-hydrogen) atoms. The first-order valence-corrected chi connectivity index (χ1v) is 7.27. The summed E-state index contributed by atoms with van der Waals surface area (Å²) in [4.78, 5) is 13.5. The molecule has 0 saturated heterocycles. The predicted octanol–water partition coefficient (Wildman–Crippen LogP) is 0.463. The SMILES string of the molecule is Cc1ccc2c(c1)N(C(=O)CN)CC(C)S2(=O)=O. The zero-order chi connectivity index (χ0) is 13.5. The second-order valence-electron chi connectivity index (χ2n) is 4.54. The fourth-order valence-electron chi connectivity index (χ4n) is 2.10. The molecular weight excluding hydrogens is 252 g/mol. The summed E-state index contributed by atoms with van der Waals surface area (Å²) < 4.78 is 24.4. The number of rotatable bonds is 1. The van der Waals surface area contributed by atoms with Crippen LogP contribution < -0.4 is 10.6 Å². The van der Waals surface area contributed by atoms with Gasteiger partial charge in [-0.05, 0) is 31.5 Å². The highest BCUT2D eigenvalue weighted by molar-refractivity contribution is 7.92. The van der Waals surface area contributed by atoms with E-state index in [1.165, 1.54) is 4.90 Å². The van der Waals surface area contributed by atoms with Crippen molar-refractivity contribution in [3.8, 4) is 0 Å². The normalized spacial score (nSPS) is 21.5. The molecule has 2 N–H and O–H groups in total. The van der Waals surface area contributed by atoms with Gasteiger partial charge in [0.2, 0.25) is 5.91 Å². The molecule has 6 heteroatoms. The first-order chi connectivity index (χ1) is 8.37. The molecule has 0 aliphatic carbocycles. The Morgan fingerprint density at radius 3 is 2.78 bits per heavy atom. The van der Waals surface area contributed by atoms with Gasteiger partial charge in [0.1, 0.15) is 0 Å². The van der Waals surface area contributed by atoms with Gasteiger partial charge in [0.25, 0.3) is 0 Å². The monoisotopic (exact) mass is 268 g/mol. The lowest BCUT2D eigenvalue weighted by Gasteiger charge is -2.32. The molecule has 1 aromatic carbocycles. The van der Waals surface area contributed by atoms with Gasteiger partial charge in [0, 0.05) is 6.54 Å². The highest BCUT2D eigenvalue weighted by Crippen LogP contribution is 2.34. The molecule has 0 aromatic heterocycles. The maximum absolute atomic E-state index is 12.2. The molecule has 0 fully saturated rings. The molecular formula is C12H16N2O3S. The molecule has 0 spiro atoms. The van der Waals surface area contributed by atoms with E-state index in [0.29, 0.717) is 5.69 Å². The maximum atomic E-state index is 12.2. The summed E-state index contributed by atoms with van der Waals surface area (Å²) >= 11 is 0. The van der Waals surface area contributed by atoms with Crippen molar-refractivity contribution in [1.82, 2.24) is 0 Å². The molecule has 0 saturated carbocycles. The Hall–Kier alpha value is -1.40. The van der Waals surface area contributed by atoms with Gasteiger partial charge in [-0.25, -0.2) is 8.42 Å². The van der Waals surface area contributed by atoms with E-state index in [4.69, 9.17) is 5.73 Å². The Labute approximate surface area is 107 Å². The van der Waals surface area contributed by atoms with Gasteiger partial charge in [-0.1, -0.05) is 6.07 Å². The van der Waals surface area contributed by atoms with Crippen LogP contribution in [0.3, 0.4) is 0 Å². The summed E-state index contributed by atoms with van der Waals surface area (Å²) in [7, 11) is -3.35. The minimum Gasteiger partial charge on any atom is -0.322 e. The van der Waals surface area contributed by atoms with Gasteiger partial charge < -0.3 is 10.6 Å². The number of carbonyl (C=O) groups excluding carboxylic acids is 1. The molecule has 0 radical (unpaired) electrons. The van der Waals surface area contributed by atoms with E-state index in [-0.39, 0.29) is 23.9 Å². The lowest BCUT2D eigenvalue weighted by Crippen LogP contribution is -2.46. The third-order valence-electron chi connectivity index (χ3n) is 3.16. The van der Waals surface area contributed by atoms with Gasteiger partial charge in [0.15, 0.2) is 9.84 Å². The summed E-state index contributed by atoms with van der Waals surface area (Å²) in [6.45, 7) is 3.50. The van der Waals surface area contributed by atoms with Crippen molar-refractivity contribution in [2.75, 3.05) is 18.0 Å². The summed E-state index contributed by atoms with van der Waals surface area (Å²) in [5.74, 6) is -0.261. The number of aryl methyl sites for hydroxylation is 1. The van der Waals surface area contributed by atoms with Crippen molar-refractivity contribution in [2.45, 2.75) is 24.0 Å². The lowest BCUT2D eigenvalue weighted by atomic mass is 10.2. The van der Waals surface area contributed by atoms with Crippen LogP contribution in [-0.4, -0.2) is 32.7 Å². The fraction of sp³-hybridized carbons (Fsp3) is 0.417. The number of fused-ring (bicyclic) bond motifs is 1. The first-order valence-electron chi connectivity index (χ1n) is 5.73. The summed E-state index contributed by atoms with van der Waals surface area (Å²) in [6.07, 6.45) is 0. The van der Waals surface area contributed by atoms with Crippen LogP contribution in [0.1, 0.15) is 12.5 Å². The molecule has 1 heterocycles. The number of hydrogen-bond acceptors (Lipinski definition) is 4. The van der Waals surface area contributed by atoms with Crippen LogP contribution in [0.5, 0.6) is 0 Å². The molecule has 1 aromatic rings. The van der Waals surface area contributed by atoms with Crippen molar-refractivity contribution < 1.29 is 13.2 Å². The molecule has 1 aliphatic rings. The number of carbonyl (C=O) groups is 1. The second-order valence-corrected chi connectivity index (χ2v) is 6.87. The molecule has 5 nitrogen and oxygen atoms in total. The number of nitrogens with two attached hydrogens (primary N) is 1. The van der Waals surface area contributed by atoms with Crippen LogP contribution in [0.25, 0.3) is 0 Å². The smallest absolute Gasteiger partial charge is 0.240 e. The van der Waals surface area contributed by atoms with Gasteiger partial charge in [-0.15, -0.1) is 0 Å². The van der Waals surface area contributed by atoms with Crippen molar-refractivity contribution >= 4 is 21.4 Å². The number of amides is 1. The fourth-order valence-corrected chi connectivity index (χ4v) is 3.59. The zero-order valence-electron chi connectivity index (χ0n) is 10.4. The van der Waals surface area contributed by atoms with E-state index in [0.717, 1.165) is 5.56 Å². The minimum absolute atomic E-state index is 0.125. The Balaban J connectivity index is 2.66. The molecule has 2 rings (SSSR count). The number of hydrogen-bond donors (Lipinski definition) is 1. The van der Waals surface area contributed by atoms with Crippen LogP contribution in [0.4, 0.5) is 5.69 Å². The topological polar surface area (TPSA) is 80.5 Å². The average molecular weight is 268 g/mol. The van der Waals surface area contributed by atoms with Gasteiger partial charge >= 0.3 is 0 Å². The second kappa shape index (κ2) is 4.37. The number of sulfone groups is 1. The van der Waals surface area contributed by atoms with Gasteiger partial charge in [0.05, 0.1) is 22.4 Å². The summed E-state index contributed by atoms with van der Waals surface area (Å²) in [6, 6.07) is 5.01. The molecule has 1 aliphatic heterocycles. The summed E-state index contributed by atoms with van der Waals surface area (Å²) in [5.41, 5.74) is 6.73. The van der Waals surface area contributed by atoms with Crippen molar-refractivity contribution in [2.24, 2.45) is 5.73 Å². The van der Waals surface area contributed by atoms with Gasteiger partial charge in [-0.2, -0.15) is 0 Å². The van der Waals surface area contributed by atoms with E-state index < -0.39 is 15.1 Å². The van der Waals surface area contributed by atoms with Crippen molar-refractivity contribution in [3.63, 3.8) is 0 Å².